The summed E-state index contributed by atoms with van der Waals surface area (Å²) >= 11 is 0. The van der Waals surface area contributed by atoms with E-state index < -0.39 is 5.41 Å². The van der Waals surface area contributed by atoms with Gasteiger partial charge in [-0.15, -0.1) is 0 Å². The van der Waals surface area contributed by atoms with E-state index in [1.165, 1.54) is 0 Å². The van der Waals surface area contributed by atoms with Crippen LogP contribution in [0.1, 0.15) is 64.2 Å². The van der Waals surface area contributed by atoms with Gasteiger partial charge in [0, 0.05) is 37.8 Å². The summed E-state index contributed by atoms with van der Waals surface area (Å²) in [6.45, 7) is 2.58. The van der Waals surface area contributed by atoms with Crippen molar-refractivity contribution in [1.82, 2.24) is 19.8 Å². The Balaban J connectivity index is 1.29. The minimum atomic E-state index is -0.615. The van der Waals surface area contributed by atoms with Gasteiger partial charge in [-0.3, -0.25) is 14.6 Å². The number of nitriles is 1. The van der Waals surface area contributed by atoms with Crippen molar-refractivity contribution in [2.24, 2.45) is 0 Å². The van der Waals surface area contributed by atoms with Crippen molar-refractivity contribution in [3.63, 3.8) is 0 Å². The van der Waals surface area contributed by atoms with Gasteiger partial charge in [-0.25, -0.2) is 4.98 Å². The molecule has 8 nitrogen and oxygen atoms in total. The number of hydrogen-bond donors (Lipinski definition) is 0. The lowest BCUT2D eigenvalue weighted by Gasteiger charge is -2.37. The zero-order chi connectivity index (χ0) is 28.9. The van der Waals surface area contributed by atoms with Gasteiger partial charge in [-0.2, -0.15) is 5.26 Å². The summed E-state index contributed by atoms with van der Waals surface area (Å²) < 4.78 is 6.00. The third-order valence-electron chi connectivity index (χ3n) is 8.43. The van der Waals surface area contributed by atoms with Crippen molar-refractivity contribution in [3.8, 4) is 11.8 Å². The molecule has 0 N–H and O–H groups in total. The van der Waals surface area contributed by atoms with Crippen LogP contribution in [-0.4, -0.2) is 57.8 Å². The van der Waals surface area contributed by atoms with E-state index in [0.29, 0.717) is 67.8 Å². The molecule has 2 aliphatic rings. The Morgan fingerprint density at radius 3 is 2.31 bits per heavy atom. The molecule has 0 spiro atoms. The highest BCUT2D eigenvalue weighted by atomic mass is 16.5. The van der Waals surface area contributed by atoms with Crippen molar-refractivity contribution in [3.05, 3.63) is 102 Å². The normalized spacial score (nSPS) is 16.5. The molecule has 0 unspecified atom stereocenters. The summed E-state index contributed by atoms with van der Waals surface area (Å²) in [5.74, 6) is 0.287. The number of hydrogen-bond acceptors (Lipinski definition) is 6. The third kappa shape index (κ3) is 5.55. The van der Waals surface area contributed by atoms with Crippen LogP contribution < -0.4 is 4.74 Å². The van der Waals surface area contributed by atoms with Gasteiger partial charge in [0.2, 0.25) is 0 Å². The molecule has 2 fully saturated rings. The minimum Gasteiger partial charge on any atom is -0.487 e. The highest BCUT2D eigenvalue weighted by Crippen LogP contribution is 2.35. The van der Waals surface area contributed by atoms with Crippen molar-refractivity contribution in [1.29, 1.82) is 5.26 Å². The topological polar surface area (TPSA) is 99.4 Å². The predicted molar refractivity (Wildman–Crippen MR) is 159 cm³/mol. The second-order valence-corrected chi connectivity index (χ2v) is 11.0. The first kappa shape index (κ1) is 27.4. The molecule has 0 aliphatic carbocycles. The molecular formula is C34H33N5O3. The van der Waals surface area contributed by atoms with E-state index in [9.17, 15) is 14.9 Å². The Hall–Kier alpha value is -4.77. The van der Waals surface area contributed by atoms with Crippen molar-refractivity contribution in [2.75, 3.05) is 26.2 Å². The van der Waals surface area contributed by atoms with E-state index >= 15 is 0 Å². The van der Waals surface area contributed by atoms with Crippen molar-refractivity contribution < 1.29 is 14.3 Å². The number of amides is 2. The summed E-state index contributed by atoms with van der Waals surface area (Å²) in [4.78, 5) is 40.3. The van der Waals surface area contributed by atoms with E-state index in [4.69, 9.17) is 9.72 Å². The lowest BCUT2D eigenvalue weighted by Crippen LogP contribution is -2.45. The molecule has 4 heterocycles. The van der Waals surface area contributed by atoms with E-state index in [2.05, 4.69) is 11.1 Å². The SMILES string of the molecule is N#CC1(c2ccccc2)CCN(C(=O)c2cc(C(=O)N3CCCCC3)c3cc(OCc4ccccn4)ccc3n2)CC1. The number of fused-ring (bicyclic) bond motifs is 1. The summed E-state index contributed by atoms with van der Waals surface area (Å²) in [7, 11) is 0. The number of carbonyl (C=O) groups excluding carboxylic acids is 2. The number of benzene rings is 2. The molecule has 2 amide bonds. The van der Waals surface area contributed by atoms with Crippen LogP contribution >= 0.6 is 0 Å². The van der Waals surface area contributed by atoms with Gasteiger partial charge in [0.1, 0.15) is 18.1 Å². The average molecular weight is 560 g/mol. The highest BCUT2D eigenvalue weighted by Gasteiger charge is 2.38. The maximum Gasteiger partial charge on any atom is 0.272 e. The molecule has 2 aromatic carbocycles. The van der Waals surface area contributed by atoms with Gasteiger partial charge in [-0.1, -0.05) is 36.4 Å². The smallest absolute Gasteiger partial charge is 0.272 e. The molecule has 0 atom stereocenters. The molecule has 0 saturated carbocycles. The van der Waals surface area contributed by atoms with Crippen LogP contribution in [0, 0.1) is 11.3 Å². The monoisotopic (exact) mass is 559 g/mol. The van der Waals surface area contributed by atoms with Crippen LogP contribution in [0.15, 0.2) is 79.0 Å². The quantitative estimate of drug-likeness (QED) is 0.308. The molecular weight excluding hydrogens is 526 g/mol. The average Bonchev–Trinajstić information content (AvgIpc) is 3.07. The summed E-state index contributed by atoms with van der Waals surface area (Å²) in [5, 5.41) is 10.7. The maximum absolute atomic E-state index is 13.8. The van der Waals surface area contributed by atoms with Gasteiger partial charge < -0.3 is 14.5 Å². The van der Waals surface area contributed by atoms with E-state index in [1.54, 1.807) is 23.2 Å². The largest absolute Gasteiger partial charge is 0.487 e. The number of nitrogens with zero attached hydrogens (tertiary/aromatic N) is 5. The Labute approximate surface area is 245 Å². The number of ether oxygens (including phenoxy) is 1. The number of piperidine rings is 2. The van der Waals surface area contributed by atoms with E-state index in [-0.39, 0.29) is 17.5 Å². The molecule has 0 radical (unpaired) electrons. The molecule has 2 aliphatic heterocycles. The number of pyridine rings is 2. The Kier molecular flexibility index (Phi) is 7.83. The van der Waals surface area contributed by atoms with Crippen LogP contribution in [0.25, 0.3) is 10.9 Å². The maximum atomic E-state index is 13.8. The molecule has 0 bridgehead atoms. The summed E-state index contributed by atoms with van der Waals surface area (Å²) in [6, 6.07) is 25.1. The predicted octanol–water partition coefficient (Wildman–Crippen LogP) is 5.53. The van der Waals surface area contributed by atoms with Crippen molar-refractivity contribution >= 4 is 22.7 Å². The Morgan fingerprint density at radius 1 is 0.857 bits per heavy atom. The fourth-order valence-electron chi connectivity index (χ4n) is 5.97. The van der Waals surface area contributed by atoms with Crippen molar-refractivity contribution in [2.45, 2.75) is 44.1 Å². The van der Waals surface area contributed by atoms with Gasteiger partial charge in [-0.05, 0) is 74.1 Å². The standard InChI is InChI=1S/C34H33N5O3/c35-24-34(25-9-3-1-4-10-25)14-19-39(20-15-34)33(41)31-22-29(32(40)38-17-7-2-8-18-38)28-21-27(12-13-30(28)37-31)42-23-26-11-5-6-16-36-26/h1,3-6,9-13,16,21-22H,2,7-8,14-15,17-20,23H2. The fourth-order valence-corrected chi connectivity index (χ4v) is 5.97. The van der Waals surface area contributed by atoms with E-state index in [0.717, 1.165) is 30.5 Å². The van der Waals surface area contributed by atoms with Crippen LogP contribution in [0.3, 0.4) is 0 Å². The molecule has 6 rings (SSSR count). The molecule has 8 heteroatoms. The molecule has 2 saturated heterocycles. The first-order valence-corrected chi connectivity index (χ1v) is 14.6. The molecule has 42 heavy (non-hydrogen) atoms. The molecule has 4 aromatic rings. The lowest BCUT2D eigenvalue weighted by molar-refractivity contribution is 0.0686. The van der Waals surface area contributed by atoms with Gasteiger partial charge in [0.05, 0.1) is 28.3 Å². The van der Waals surface area contributed by atoms with E-state index in [1.807, 2.05) is 65.6 Å². The highest BCUT2D eigenvalue weighted by molar-refractivity contribution is 6.09. The first-order valence-electron chi connectivity index (χ1n) is 14.6. The van der Waals surface area contributed by atoms with Crippen LogP contribution in [0.4, 0.5) is 0 Å². The van der Waals surface area contributed by atoms with Gasteiger partial charge >= 0.3 is 0 Å². The lowest BCUT2D eigenvalue weighted by atomic mass is 9.74. The molecule has 212 valence electrons. The number of rotatable bonds is 6. The van der Waals surface area contributed by atoms with Gasteiger partial charge in [0.25, 0.3) is 11.8 Å². The van der Waals surface area contributed by atoms with Crippen LogP contribution in [0.5, 0.6) is 5.75 Å². The Morgan fingerprint density at radius 2 is 1.60 bits per heavy atom. The second-order valence-electron chi connectivity index (χ2n) is 11.0. The van der Waals surface area contributed by atoms with Gasteiger partial charge in [0.15, 0.2) is 0 Å². The van der Waals surface area contributed by atoms with Crippen LogP contribution in [0.2, 0.25) is 0 Å². The molecule has 2 aromatic heterocycles. The number of carbonyl (C=O) groups is 2. The fraction of sp³-hybridized carbons (Fsp3) is 0.324. The number of likely N-dealkylation sites (tertiary alicyclic amines) is 2. The minimum absolute atomic E-state index is 0.0933. The number of aromatic nitrogens is 2. The zero-order valence-electron chi connectivity index (χ0n) is 23.5. The summed E-state index contributed by atoms with van der Waals surface area (Å²) in [6.07, 6.45) is 5.86. The first-order chi connectivity index (χ1) is 20.6. The Bertz CT molecular complexity index is 1620. The second kappa shape index (κ2) is 12.0. The van der Waals surface area contributed by atoms with Crippen LogP contribution in [-0.2, 0) is 12.0 Å². The third-order valence-corrected chi connectivity index (χ3v) is 8.43. The summed E-state index contributed by atoms with van der Waals surface area (Å²) in [5.41, 5.74) is 2.44. The zero-order valence-corrected chi connectivity index (χ0v) is 23.5.